The first-order valence-electron chi connectivity index (χ1n) is 6.84. The van der Waals surface area contributed by atoms with E-state index in [1.54, 1.807) is 0 Å². The summed E-state index contributed by atoms with van der Waals surface area (Å²) in [6.45, 7) is 0.501. The molecule has 0 bridgehead atoms. The van der Waals surface area contributed by atoms with Crippen LogP contribution < -0.4 is 10.6 Å². The van der Waals surface area contributed by atoms with Crippen molar-refractivity contribution in [3.63, 3.8) is 0 Å². The summed E-state index contributed by atoms with van der Waals surface area (Å²) in [6, 6.07) is 5.14. The monoisotopic (exact) mass is 324 g/mol. The Morgan fingerprint density at radius 2 is 1.70 bits per heavy atom. The Morgan fingerprint density at radius 3 is 2.30 bits per heavy atom. The quantitative estimate of drug-likeness (QED) is 0.689. The van der Waals surface area contributed by atoms with Crippen molar-refractivity contribution in [2.24, 2.45) is 0 Å². The highest BCUT2D eigenvalue weighted by atomic mass is 19.1. The Hall–Kier alpha value is -2.77. The Kier molecular flexibility index (Phi) is 7.38. The van der Waals surface area contributed by atoms with Gasteiger partial charge in [-0.3, -0.25) is 14.4 Å². The predicted molar refractivity (Wildman–Crippen MR) is 78.9 cm³/mol. The predicted octanol–water partition coefficient (Wildman–Crippen LogP) is 0.793. The number of rotatable bonds is 8. The molecule has 0 aromatic heterocycles. The summed E-state index contributed by atoms with van der Waals surface area (Å²) in [5.41, 5.74) is 0.390. The molecule has 0 aliphatic rings. The van der Waals surface area contributed by atoms with Gasteiger partial charge in [0.05, 0.1) is 13.0 Å². The molecule has 0 saturated heterocycles. The van der Waals surface area contributed by atoms with Gasteiger partial charge in [-0.2, -0.15) is 0 Å². The molecule has 0 fully saturated rings. The van der Waals surface area contributed by atoms with Crippen LogP contribution in [0, 0.1) is 5.82 Å². The number of Topliss-reactive ketones (excluding diaryl/α,β-unsaturated/α-hetero) is 1. The summed E-state index contributed by atoms with van der Waals surface area (Å²) in [5.74, 6) is -2.39. The molecule has 2 N–H and O–H groups in total. The van der Waals surface area contributed by atoms with Crippen molar-refractivity contribution >= 4 is 29.3 Å². The van der Waals surface area contributed by atoms with E-state index in [0.717, 1.165) is 0 Å². The largest absolute Gasteiger partial charge is 0.456 e. The van der Waals surface area contributed by atoms with Gasteiger partial charge in [0, 0.05) is 12.1 Å². The van der Waals surface area contributed by atoms with E-state index in [1.807, 2.05) is 0 Å². The van der Waals surface area contributed by atoms with Gasteiger partial charge in [-0.05, 0) is 31.2 Å². The maximum Gasteiger partial charge on any atom is 0.306 e. The molecule has 1 aromatic carbocycles. The number of hydrogen-bond donors (Lipinski definition) is 2. The highest BCUT2D eigenvalue weighted by Crippen LogP contribution is 2.07. The van der Waals surface area contributed by atoms with Gasteiger partial charge < -0.3 is 20.2 Å². The van der Waals surface area contributed by atoms with Gasteiger partial charge in [0.15, 0.2) is 6.61 Å². The van der Waals surface area contributed by atoms with E-state index in [-0.39, 0.29) is 25.2 Å². The van der Waals surface area contributed by atoms with E-state index < -0.39 is 30.2 Å². The molecule has 0 saturated carbocycles. The van der Waals surface area contributed by atoms with Crippen molar-refractivity contribution in [1.82, 2.24) is 5.32 Å². The number of nitrogens with one attached hydrogen (secondary N) is 2. The topological polar surface area (TPSA) is 102 Å². The zero-order valence-electron chi connectivity index (χ0n) is 12.6. The van der Waals surface area contributed by atoms with E-state index in [0.29, 0.717) is 5.69 Å². The van der Waals surface area contributed by atoms with E-state index in [1.165, 1.54) is 31.2 Å². The van der Waals surface area contributed by atoms with Crippen LogP contribution >= 0.6 is 0 Å². The van der Waals surface area contributed by atoms with E-state index >= 15 is 0 Å². The lowest BCUT2D eigenvalue weighted by Crippen LogP contribution is -2.35. The first kappa shape index (κ1) is 18.3. The average Bonchev–Trinajstić information content (AvgIpc) is 2.51. The Morgan fingerprint density at radius 1 is 1.04 bits per heavy atom. The smallest absolute Gasteiger partial charge is 0.306 e. The zero-order valence-corrected chi connectivity index (χ0v) is 12.6. The van der Waals surface area contributed by atoms with Crippen molar-refractivity contribution in [1.29, 1.82) is 0 Å². The molecule has 1 aromatic rings. The van der Waals surface area contributed by atoms with Crippen molar-refractivity contribution in [3.8, 4) is 0 Å². The number of carbonyl (C=O) groups is 4. The highest BCUT2D eigenvalue weighted by molar-refractivity contribution is 5.94. The lowest BCUT2D eigenvalue weighted by molar-refractivity contribution is -0.149. The van der Waals surface area contributed by atoms with Crippen LogP contribution in [0.1, 0.15) is 19.8 Å². The van der Waals surface area contributed by atoms with Gasteiger partial charge in [-0.1, -0.05) is 0 Å². The van der Waals surface area contributed by atoms with Crippen molar-refractivity contribution < 1.29 is 28.3 Å². The Bertz CT molecular complexity index is 586. The van der Waals surface area contributed by atoms with Gasteiger partial charge in [0.1, 0.15) is 11.6 Å². The van der Waals surface area contributed by atoms with Crippen molar-refractivity contribution in [2.75, 3.05) is 18.5 Å². The minimum absolute atomic E-state index is 0.0561. The van der Waals surface area contributed by atoms with Crippen LogP contribution in [0.3, 0.4) is 0 Å². The fraction of sp³-hybridized carbons (Fsp3) is 0.333. The Labute approximate surface area is 132 Å². The molecule has 0 radical (unpaired) electrons. The molecule has 23 heavy (non-hydrogen) atoms. The van der Waals surface area contributed by atoms with Crippen LogP contribution in [0.5, 0.6) is 0 Å². The average molecular weight is 324 g/mol. The number of benzene rings is 1. The second-order valence-electron chi connectivity index (χ2n) is 4.69. The van der Waals surface area contributed by atoms with Crippen LogP contribution in [0.15, 0.2) is 24.3 Å². The maximum atomic E-state index is 12.7. The number of anilines is 1. The molecular formula is C15H17FN2O5. The summed E-state index contributed by atoms with van der Waals surface area (Å²) >= 11 is 0. The van der Waals surface area contributed by atoms with Crippen LogP contribution in [-0.4, -0.2) is 36.7 Å². The molecule has 124 valence electrons. The fourth-order valence-corrected chi connectivity index (χ4v) is 1.46. The molecule has 0 heterocycles. The summed E-state index contributed by atoms with van der Waals surface area (Å²) < 4.78 is 17.3. The van der Waals surface area contributed by atoms with Crippen LogP contribution in [0.25, 0.3) is 0 Å². The van der Waals surface area contributed by atoms with Crippen LogP contribution in [0.2, 0.25) is 0 Å². The molecular weight excluding hydrogens is 307 g/mol. The molecule has 0 atom stereocenters. The normalized spacial score (nSPS) is 9.83. The van der Waals surface area contributed by atoms with Gasteiger partial charge in [0.25, 0.3) is 5.91 Å². The summed E-state index contributed by atoms with van der Waals surface area (Å²) in [4.78, 5) is 44.8. The third kappa shape index (κ3) is 8.30. The van der Waals surface area contributed by atoms with Gasteiger partial charge in [0.2, 0.25) is 5.91 Å². The van der Waals surface area contributed by atoms with E-state index in [2.05, 4.69) is 15.4 Å². The number of ketones is 1. The number of amides is 2. The lowest BCUT2D eigenvalue weighted by atomic mass is 10.2. The lowest BCUT2D eigenvalue weighted by Gasteiger charge is -2.07. The van der Waals surface area contributed by atoms with Crippen molar-refractivity contribution in [2.45, 2.75) is 19.8 Å². The molecule has 0 spiro atoms. The first-order chi connectivity index (χ1) is 10.9. The molecule has 1 rings (SSSR count). The number of halogens is 1. The van der Waals surface area contributed by atoms with E-state index in [9.17, 15) is 23.6 Å². The minimum atomic E-state index is -0.661. The fourth-order valence-electron chi connectivity index (χ4n) is 1.46. The number of ether oxygens (including phenoxy) is 1. The minimum Gasteiger partial charge on any atom is -0.456 e. The summed E-state index contributed by atoms with van der Waals surface area (Å²) in [7, 11) is 0. The number of hydrogen-bond acceptors (Lipinski definition) is 5. The second-order valence-corrected chi connectivity index (χ2v) is 4.69. The molecule has 2 amide bonds. The van der Waals surface area contributed by atoms with Crippen LogP contribution in [-0.2, 0) is 23.9 Å². The zero-order chi connectivity index (χ0) is 17.2. The van der Waals surface area contributed by atoms with E-state index in [4.69, 9.17) is 0 Å². The molecule has 0 aliphatic carbocycles. The highest BCUT2D eigenvalue weighted by Gasteiger charge is 2.10. The SMILES string of the molecule is CC(=O)CCC(=O)OCC(=O)NCC(=O)Nc1ccc(F)cc1. The molecule has 8 heteroatoms. The summed E-state index contributed by atoms with van der Waals surface area (Å²) in [6.07, 6.45) is -0.0335. The summed E-state index contributed by atoms with van der Waals surface area (Å²) in [5, 5.41) is 4.72. The van der Waals surface area contributed by atoms with Crippen LogP contribution in [0.4, 0.5) is 10.1 Å². The standard InChI is InChI=1S/C15H17FN2O5/c1-10(19)2-7-15(22)23-9-14(21)17-8-13(20)18-12-5-3-11(16)4-6-12/h3-6H,2,7-9H2,1H3,(H,17,21)(H,18,20). The van der Waals surface area contributed by atoms with Gasteiger partial charge >= 0.3 is 5.97 Å². The first-order valence-corrected chi connectivity index (χ1v) is 6.84. The molecule has 0 aliphatic heterocycles. The van der Waals surface area contributed by atoms with Crippen molar-refractivity contribution in [3.05, 3.63) is 30.1 Å². The number of esters is 1. The third-order valence-electron chi connectivity index (χ3n) is 2.62. The molecule has 7 nitrogen and oxygen atoms in total. The maximum absolute atomic E-state index is 12.7. The number of carbonyl (C=O) groups excluding carboxylic acids is 4. The third-order valence-corrected chi connectivity index (χ3v) is 2.62. The molecule has 0 unspecified atom stereocenters. The van der Waals surface area contributed by atoms with Gasteiger partial charge in [-0.25, -0.2) is 4.39 Å². The second kappa shape index (κ2) is 9.29. The van der Waals surface area contributed by atoms with Gasteiger partial charge in [-0.15, -0.1) is 0 Å². The Balaban J connectivity index is 2.22.